The van der Waals surface area contributed by atoms with Crippen LogP contribution in [0.1, 0.15) is 80.6 Å². The summed E-state index contributed by atoms with van der Waals surface area (Å²) >= 11 is 0. The van der Waals surface area contributed by atoms with Gasteiger partial charge in [-0.05, 0) is 31.2 Å². The molecule has 0 unspecified atom stereocenters. The van der Waals surface area contributed by atoms with E-state index in [0.29, 0.717) is 24.4 Å². The molecule has 0 bridgehead atoms. The highest BCUT2D eigenvalue weighted by molar-refractivity contribution is 5.58. The van der Waals surface area contributed by atoms with Gasteiger partial charge in [-0.2, -0.15) is 0 Å². The Bertz CT molecular complexity index is 456. The molecule has 0 saturated heterocycles. The minimum atomic E-state index is 0. The van der Waals surface area contributed by atoms with E-state index in [0.717, 1.165) is 11.4 Å². The molecule has 1 rings (SSSR count). The highest BCUT2D eigenvalue weighted by Crippen LogP contribution is 2.06. The van der Waals surface area contributed by atoms with Gasteiger partial charge in [0.25, 0.3) is 0 Å². The minimum absolute atomic E-state index is 0. The Morgan fingerprint density at radius 3 is 1.67 bits per heavy atom. The number of hydrogen-bond acceptors (Lipinski definition) is 6. The van der Waals surface area contributed by atoms with Crippen LogP contribution >= 0.6 is 0 Å². The molecule has 6 nitrogen and oxygen atoms in total. The highest BCUT2D eigenvalue weighted by Gasteiger charge is 1.99. The second kappa shape index (κ2) is 22.1. The first-order chi connectivity index (χ1) is 11.7. The summed E-state index contributed by atoms with van der Waals surface area (Å²) in [7, 11) is 1.54. The average Bonchev–Trinajstić information content (AvgIpc) is 2.54. The van der Waals surface area contributed by atoms with Crippen molar-refractivity contribution in [2.75, 3.05) is 13.7 Å². The van der Waals surface area contributed by atoms with Crippen molar-refractivity contribution in [1.82, 2.24) is 9.97 Å². The van der Waals surface area contributed by atoms with E-state index in [1.807, 2.05) is 40.1 Å². The van der Waals surface area contributed by atoms with Gasteiger partial charge >= 0.3 is 0 Å². The Labute approximate surface area is 168 Å². The van der Waals surface area contributed by atoms with Crippen LogP contribution in [0.3, 0.4) is 0 Å². The Hall–Kier alpha value is -1.98. The Balaban J connectivity index is -0.000000145. The Morgan fingerprint density at radius 1 is 0.926 bits per heavy atom. The van der Waals surface area contributed by atoms with Crippen molar-refractivity contribution in [1.29, 1.82) is 0 Å². The molecule has 1 heterocycles. The number of nitrogens with zero attached hydrogens (tertiary/aromatic N) is 4. The zero-order valence-electron chi connectivity index (χ0n) is 17.4. The lowest BCUT2D eigenvalue weighted by molar-refractivity contribution is 0.159. The molecule has 160 valence electrons. The molecule has 0 amide bonds. The van der Waals surface area contributed by atoms with Crippen molar-refractivity contribution in [3.8, 4) is 0 Å². The molecule has 0 spiro atoms. The summed E-state index contributed by atoms with van der Waals surface area (Å²) in [6.07, 6.45) is 7.23. The Kier molecular flexibility index (Phi) is 26.7. The van der Waals surface area contributed by atoms with Crippen LogP contribution in [0.4, 0.5) is 0 Å². The van der Waals surface area contributed by atoms with Crippen molar-refractivity contribution in [3.63, 3.8) is 0 Å². The molecule has 1 aromatic heterocycles. The van der Waals surface area contributed by atoms with E-state index in [1.54, 1.807) is 19.5 Å². The van der Waals surface area contributed by atoms with Crippen LogP contribution in [0.2, 0.25) is 0 Å². The molecule has 0 fully saturated rings. The zero-order valence-corrected chi connectivity index (χ0v) is 17.4. The molecule has 0 aliphatic carbocycles. The summed E-state index contributed by atoms with van der Waals surface area (Å²) < 4.78 is 0. The standard InChI is InChI=1S/C8H12N2.C6H13NO.C5H11NO.2CH4/c1-6(2)8-9-4-7(3)5-10-8;1-4-8-7-5-6(2)3;1-5(2)4-6-7-3;;/h4-6H,1-3H3;5-6H,4H2,1-3H3;4-5H,1-3H3;2*1H4. The van der Waals surface area contributed by atoms with Gasteiger partial charge in [0, 0.05) is 30.7 Å². The van der Waals surface area contributed by atoms with Crippen molar-refractivity contribution < 1.29 is 9.68 Å². The number of oxime groups is 2. The average molecular weight is 385 g/mol. The van der Waals surface area contributed by atoms with Crippen LogP contribution in [0, 0.1) is 18.8 Å². The first kappa shape index (κ1) is 32.7. The predicted octanol–water partition coefficient (Wildman–Crippen LogP) is 6.12. The van der Waals surface area contributed by atoms with Gasteiger partial charge < -0.3 is 9.68 Å². The first-order valence-electron chi connectivity index (χ1n) is 8.75. The maximum atomic E-state index is 4.71. The molecule has 0 N–H and O–H groups in total. The maximum Gasteiger partial charge on any atom is 0.130 e. The monoisotopic (exact) mass is 384 g/mol. The van der Waals surface area contributed by atoms with Crippen LogP contribution in [-0.4, -0.2) is 36.1 Å². The second-order valence-electron chi connectivity index (χ2n) is 6.37. The van der Waals surface area contributed by atoms with Gasteiger partial charge in [0.05, 0.1) is 0 Å². The van der Waals surface area contributed by atoms with Crippen molar-refractivity contribution in [2.24, 2.45) is 22.1 Å². The van der Waals surface area contributed by atoms with Crippen molar-refractivity contribution in [2.45, 2.75) is 76.2 Å². The molecule has 0 atom stereocenters. The SMILES string of the molecule is C.C.CCON=CC(C)C.CON=CC(C)C.Cc1cnc(C(C)C)nc1. The molecule has 0 saturated carbocycles. The van der Waals surface area contributed by atoms with Crippen LogP contribution in [0.5, 0.6) is 0 Å². The lowest BCUT2D eigenvalue weighted by Crippen LogP contribution is -1.95. The summed E-state index contributed by atoms with van der Waals surface area (Å²) in [5.74, 6) is 2.33. The molecule has 6 heteroatoms. The maximum absolute atomic E-state index is 4.71. The van der Waals surface area contributed by atoms with Gasteiger partial charge in [0.2, 0.25) is 0 Å². The first-order valence-corrected chi connectivity index (χ1v) is 8.75. The topological polar surface area (TPSA) is 69.0 Å². The van der Waals surface area contributed by atoms with E-state index >= 15 is 0 Å². The van der Waals surface area contributed by atoms with E-state index in [9.17, 15) is 0 Å². The van der Waals surface area contributed by atoms with Crippen molar-refractivity contribution in [3.05, 3.63) is 23.8 Å². The molecule has 0 aliphatic rings. The zero-order chi connectivity index (χ0) is 19.7. The number of aromatic nitrogens is 2. The molecule has 0 radical (unpaired) electrons. The molecule has 1 aromatic rings. The fourth-order valence-electron chi connectivity index (χ4n) is 1.12. The van der Waals surface area contributed by atoms with Crippen LogP contribution < -0.4 is 0 Å². The quantitative estimate of drug-likeness (QED) is 0.437. The van der Waals surface area contributed by atoms with Gasteiger partial charge in [0.15, 0.2) is 0 Å². The van der Waals surface area contributed by atoms with E-state index in [2.05, 4.69) is 52.8 Å². The third-order valence-corrected chi connectivity index (χ3v) is 2.34. The van der Waals surface area contributed by atoms with E-state index in [-0.39, 0.29) is 14.9 Å². The fraction of sp³-hybridized carbons (Fsp3) is 0.714. The fourth-order valence-corrected chi connectivity index (χ4v) is 1.12. The van der Waals surface area contributed by atoms with E-state index in [1.165, 1.54) is 0 Å². The third kappa shape index (κ3) is 26.4. The van der Waals surface area contributed by atoms with Gasteiger partial charge in [-0.15, -0.1) is 0 Å². The molecule has 27 heavy (non-hydrogen) atoms. The van der Waals surface area contributed by atoms with Gasteiger partial charge in [-0.3, -0.25) is 0 Å². The lowest BCUT2D eigenvalue weighted by Gasteiger charge is -2.00. The summed E-state index contributed by atoms with van der Waals surface area (Å²) in [4.78, 5) is 17.5. The molecule has 0 aliphatic heterocycles. The van der Waals surface area contributed by atoms with Gasteiger partial charge in [-0.1, -0.05) is 66.7 Å². The number of hydrogen-bond donors (Lipinski definition) is 0. The summed E-state index contributed by atoms with van der Waals surface area (Å²) in [6, 6.07) is 0. The van der Waals surface area contributed by atoms with Crippen molar-refractivity contribution >= 4 is 12.4 Å². The summed E-state index contributed by atoms with van der Waals surface area (Å²) in [6.45, 7) is 16.9. The largest absolute Gasteiger partial charge is 0.399 e. The number of rotatable bonds is 6. The van der Waals surface area contributed by atoms with E-state index in [4.69, 9.17) is 4.84 Å². The second-order valence-corrected chi connectivity index (χ2v) is 6.37. The van der Waals surface area contributed by atoms with Crippen LogP contribution in [-0.2, 0) is 9.68 Å². The Morgan fingerprint density at radius 2 is 1.37 bits per heavy atom. The molecule has 0 aromatic carbocycles. The molecular formula is C21H44N4O2. The highest BCUT2D eigenvalue weighted by atomic mass is 16.6. The summed E-state index contributed by atoms with van der Waals surface area (Å²) in [5, 5.41) is 7.21. The van der Waals surface area contributed by atoms with E-state index < -0.39 is 0 Å². The predicted molar refractivity (Wildman–Crippen MR) is 120 cm³/mol. The van der Waals surface area contributed by atoms with Crippen LogP contribution in [0.15, 0.2) is 22.7 Å². The smallest absolute Gasteiger partial charge is 0.130 e. The normalized spacial score (nSPS) is 9.93. The van der Waals surface area contributed by atoms with Gasteiger partial charge in [-0.25, -0.2) is 9.97 Å². The van der Waals surface area contributed by atoms with Crippen LogP contribution in [0.25, 0.3) is 0 Å². The van der Waals surface area contributed by atoms with Gasteiger partial charge in [0.1, 0.15) is 19.5 Å². The third-order valence-electron chi connectivity index (χ3n) is 2.34. The summed E-state index contributed by atoms with van der Waals surface area (Å²) in [5.41, 5.74) is 1.12. The minimum Gasteiger partial charge on any atom is -0.399 e. The molecular weight excluding hydrogens is 340 g/mol. The lowest BCUT2D eigenvalue weighted by atomic mass is 10.2. The number of aryl methyl sites for hydroxylation is 1.